The average Bonchev–Trinajstić information content (AvgIpc) is 2.43. The van der Waals surface area contributed by atoms with Gasteiger partial charge in [0, 0.05) is 32.8 Å². The number of methoxy groups -OCH3 is 1. The lowest BCUT2D eigenvalue weighted by Gasteiger charge is -2.42. The highest BCUT2D eigenvalue weighted by molar-refractivity contribution is 5.28. The summed E-state index contributed by atoms with van der Waals surface area (Å²) < 4.78 is 10.7. The van der Waals surface area contributed by atoms with Crippen molar-refractivity contribution in [2.24, 2.45) is 11.1 Å². The highest BCUT2D eigenvalue weighted by Crippen LogP contribution is 2.28. The van der Waals surface area contributed by atoms with Crippen LogP contribution in [0.25, 0.3) is 0 Å². The zero-order valence-corrected chi connectivity index (χ0v) is 13.5. The highest BCUT2D eigenvalue weighted by Gasteiger charge is 2.33. The minimum absolute atomic E-state index is 0.185. The van der Waals surface area contributed by atoms with Crippen molar-refractivity contribution in [1.82, 2.24) is 4.90 Å². The molecule has 0 amide bonds. The van der Waals surface area contributed by atoms with E-state index < -0.39 is 0 Å². The molecule has 2 N–H and O–H groups in total. The molecule has 0 radical (unpaired) electrons. The van der Waals surface area contributed by atoms with Gasteiger partial charge < -0.3 is 15.2 Å². The lowest BCUT2D eigenvalue weighted by molar-refractivity contribution is 0.0897. The molecule has 4 nitrogen and oxygen atoms in total. The number of ether oxygens (including phenoxy) is 2. The van der Waals surface area contributed by atoms with Gasteiger partial charge in [-0.05, 0) is 29.5 Å². The highest BCUT2D eigenvalue weighted by atomic mass is 16.5. The van der Waals surface area contributed by atoms with Gasteiger partial charge in [0.2, 0.25) is 0 Å². The Morgan fingerprint density at radius 1 is 1.33 bits per heavy atom. The van der Waals surface area contributed by atoms with Gasteiger partial charge >= 0.3 is 0 Å². The molecule has 1 unspecified atom stereocenters. The average molecular weight is 292 g/mol. The Kier molecular flexibility index (Phi) is 5.62. The second kappa shape index (κ2) is 7.25. The number of rotatable bonds is 6. The number of likely N-dealkylation sites (tertiary alicyclic amines) is 1. The minimum Gasteiger partial charge on any atom is -0.491 e. The number of nitrogens with zero attached hydrogens (tertiary/aromatic N) is 1. The summed E-state index contributed by atoms with van der Waals surface area (Å²) in [5.74, 6) is 0.914. The molecule has 21 heavy (non-hydrogen) atoms. The third kappa shape index (κ3) is 4.70. The van der Waals surface area contributed by atoms with Crippen molar-refractivity contribution in [2.45, 2.75) is 32.9 Å². The van der Waals surface area contributed by atoms with E-state index >= 15 is 0 Å². The third-order valence-electron chi connectivity index (χ3n) is 4.25. The van der Waals surface area contributed by atoms with Crippen LogP contribution in [0.1, 0.15) is 25.8 Å². The van der Waals surface area contributed by atoms with Gasteiger partial charge in [-0.15, -0.1) is 0 Å². The fourth-order valence-electron chi connectivity index (χ4n) is 2.85. The molecular formula is C17H28N2O2. The zero-order valence-electron chi connectivity index (χ0n) is 13.5. The van der Waals surface area contributed by atoms with Crippen molar-refractivity contribution in [1.29, 1.82) is 0 Å². The first kappa shape index (κ1) is 16.3. The van der Waals surface area contributed by atoms with Gasteiger partial charge in [0.1, 0.15) is 12.4 Å². The monoisotopic (exact) mass is 292 g/mol. The molecule has 1 aliphatic heterocycles. The van der Waals surface area contributed by atoms with Gasteiger partial charge in [-0.1, -0.05) is 26.0 Å². The number of hydrogen-bond acceptors (Lipinski definition) is 4. The molecule has 118 valence electrons. The Hall–Kier alpha value is -1.10. The van der Waals surface area contributed by atoms with Crippen LogP contribution < -0.4 is 10.5 Å². The molecule has 1 atom stereocenters. The fourth-order valence-corrected chi connectivity index (χ4v) is 2.85. The summed E-state index contributed by atoms with van der Waals surface area (Å²) in [7, 11) is 1.68. The van der Waals surface area contributed by atoms with Gasteiger partial charge in [-0.3, -0.25) is 4.90 Å². The maximum Gasteiger partial charge on any atom is 0.119 e. The standard InChI is InChI=1S/C17H28N2O2/c1-17(2)13-19(8-7-16(17)18)12-14-5-4-6-15(11-14)21-10-9-20-3/h4-6,11,16H,7-10,12-13,18H2,1-3H3. The molecule has 1 heterocycles. The molecule has 0 aromatic heterocycles. The Bertz CT molecular complexity index is 448. The van der Waals surface area contributed by atoms with E-state index in [0.29, 0.717) is 19.3 Å². The third-order valence-corrected chi connectivity index (χ3v) is 4.25. The summed E-state index contributed by atoms with van der Waals surface area (Å²) >= 11 is 0. The van der Waals surface area contributed by atoms with E-state index in [0.717, 1.165) is 31.8 Å². The molecule has 0 saturated carbocycles. The summed E-state index contributed by atoms with van der Waals surface area (Å²) in [6.45, 7) is 8.79. The van der Waals surface area contributed by atoms with E-state index in [-0.39, 0.29) is 5.41 Å². The zero-order chi connectivity index (χ0) is 15.3. The summed E-state index contributed by atoms with van der Waals surface area (Å²) in [6, 6.07) is 8.63. The molecule has 1 aromatic rings. The molecule has 1 fully saturated rings. The maximum absolute atomic E-state index is 6.20. The number of piperidine rings is 1. The molecule has 1 saturated heterocycles. The first-order chi connectivity index (χ1) is 10.0. The summed E-state index contributed by atoms with van der Waals surface area (Å²) in [5, 5.41) is 0. The second-order valence-corrected chi connectivity index (χ2v) is 6.58. The van der Waals surface area contributed by atoms with Crippen molar-refractivity contribution in [3.8, 4) is 5.75 Å². The van der Waals surface area contributed by atoms with Crippen LogP contribution in [0.3, 0.4) is 0 Å². The van der Waals surface area contributed by atoms with Crippen molar-refractivity contribution < 1.29 is 9.47 Å². The van der Waals surface area contributed by atoms with Crippen LogP contribution in [-0.2, 0) is 11.3 Å². The maximum atomic E-state index is 6.20. The Morgan fingerprint density at radius 3 is 2.86 bits per heavy atom. The SMILES string of the molecule is COCCOc1cccc(CN2CCC(N)C(C)(C)C2)c1. The molecule has 0 spiro atoms. The van der Waals surface area contributed by atoms with Crippen molar-refractivity contribution in [3.05, 3.63) is 29.8 Å². The number of benzene rings is 1. The van der Waals surface area contributed by atoms with E-state index in [2.05, 4.69) is 36.9 Å². The first-order valence-electron chi connectivity index (χ1n) is 7.70. The quantitative estimate of drug-likeness (QED) is 0.817. The topological polar surface area (TPSA) is 47.7 Å². The Morgan fingerprint density at radius 2 is 2.14 bits per heavy atom. The van der Waals surface area contributed by atoms with Crippen molar-refractivity contribution in [3.63, 3.8) is 0 Å². The predicted octanol–water partition coefficient (Wildman–Crippen LogP) is 2.27. The van der Waals surface area contributed by atoms with Crippen molar-refractivity contribution >= 4 is 0 Å². The van der Waals surface area contributed by atoms with Gasteiger partial charge in [0.15, 0.2) is 0 Å². The lowest BCUT2D eigenvalue weighted by Crippen LogP contribution is -2.52. The summed E-state index contributed by atoms with van der Waals surface area (Å²) in [5.41, 5.74) is 7.68. The van der Waals surface area contributed by atoms with Gasteiger partial charge in [0.05, 0.1) is 6.61 Å². The van der Waals surface area contributed by atoms with Crippen LogP contribution in [0, 0.1) is 5.41 Å². The molecule has 1 aliphatic rings. The molecular weight excluding hydrogens is 264 g/mol. The molecule has 0 aliphatic carbocycles. The largest absolute Gasteiger partial charge is 0.491 e. The van der Waals surface area contributed by atoms with E-state index in [1.54, 1.807) is 7.11 Å². The lowest BCUT2D eigenvalue weighted by atomic mass is 9.79. The van der Waals surface area contributed by atoms with Gasteiger partial charge in [-0.25, -0.2) is 0 Å². The van der Waals surface area contributed by atoms with Crippen LogP contribution in [0.5, 0.6) is 5.75 Å². The normalized spacial score (nSPS) is 22.2. The van der Waals surface area contributed by atoms with E-state index in [4.69, 9.17) is 15.2 Å². The number of nitrogens with two attached hydrogens (primary N) is 1. The van der Waals surface area contributed by atoms with Gasteiger partial charge in [-0.2, -0.15) is 0 Å². The Balaban J connectivity index is 1.92. The number of hydrogen-bond donors (Lipinski definition) is 1. The molecule has 1 aromatic carbocycles. The van der Waals surface area contributed by atoms with Crippen molar-refractivity contribution in [2.75, 3.05) is 33.4 Å². The predicted molar refractivity (Wildman–Crippen MR) is 85.5 cm³/mol. The smallest absolute Gasteiger partial charge is 0.119 e. The van der Waals surface area contributed by atoms with E-state index in [1.807, 2.05) is 6.07 Å². The van der Waals surface area contributed by atoms with Gasteiger partial charge in [0.25, 0.3) is 0 Å². The molecule has 2 rings (SSSR count). The molecule has 0 bridgehead atoms. The van der Waals surface area contributed by atoms with Crippen LogP contribution in [0.2, 0.25) is 0 Å². The first-order valence-corrected chi connectivity index (χ1v) is 7.70. The summed E-state index contributed by atoms with van der Waals surface area (Å²) in [4.78, 5) is 2.48. The van der Waals surface area contributed by atoms with E-state index in [1.165, 1.54) is 5.56 Å². The minimum atomic E-state index is 0.185. The fraction of sp³-hybridized carbons (Fsp3) is 0.647. The Labute approximate surface area is 128 Å². The molecule has 4 heteroatoms. The van der Waals surface area contributed by atoms with Crippen LogP contribution in [0.4, 0.5) is 0 Å². The summed E-state index contributed by atoms with van der Waals surface area (Å²) in [6.07, 6.45) is 1.07. The van der Waals surface area contributed by atoms with Crippen LogP contribution >= 0.6 is 0 Å². The van der Waals surface area contributed by atoms with E-state index in [9.17, 15) is 0 Å². The second-order valence-electron chi connectivity index (χ2n) is 6.58. The van der Waals surface area contributed by atoms with Crippen LogP contribution in [-0.4, -0.2) is 44.4 Å². The van der Waals surface area contributed by atoms with Crippen LogP contribution in [0.15, 0.2) is 24.3 Å².